The average molecular weight is 260 g/mol. The highest BCUT2D eigenvalue weighted by Gasteiger charge is 2.46. The summed E-state index contributed by atoms with van der Waals surface area (Å²) in [5.41, 5.74) is 1.98. The molecule has 1 aliphatic heterocycles. The van der Waals surface area contributed by atoms with Crippen molar-refractivity contribution in [3.8, 4) is 0 Å². The molecule has 19 heavy (non-hydrogen) atoms. The van der Waals surface area contributed by atoms with E-state index in [1.54, 1.807) is 0 Å². The fraction of sp³-hybridized carbons (Fsp3) is 0.688. The number of hydrogen-bond donors (Lipinski definition) is 1. The lowest BCUT2D eigenvalue weighted by Crippen LogP contribution is -2.49. The summed E-state index contributed by atoms with van der Waals surface area (Å²) in [5.74, 6) is 0. The molecule has 0 aromatic carbocycles. The van der Waals surface area contributed by atoms with Gasteiger partial charge in [-0.3, -0.25) is 9.88 Å². The van der Waals surface area contributed by atoms with Crippen LogP contribution in [0.4, 0.5) is 0 Å². The van der Waals surface area contributed by atoms with Gasteiger partial charge in [0.2, 0.25) is 0 Å². The Balaban J connectivity index is 1.88. The maximum absolute atomic E-state index is 10.9. The topological polar surface area (TPSA) is 36.4 Å². The van der Waals surface area contributed by atoms with Gasteiger partial charge < -0.3 is 5.11 Å². The van der Waals surface area contributed by atoms with E-state index in [4.69, 9.17) is 0 Å². The van der Waals surface area contributed by atoms with Crippen molar-refractivity contribution in [2.24, 2.45) is 0 Å². The first-order chi connectivity index (χ1) is 9.22. The molecule has 3 nitrogen and oxygen atoms in total. The van der Waals surface area contributed by atoms with Crippen LogP contribution in [0.5, 0.6) is 0 Å². The second-order valence-electron chi connectivity index (χ2n) is 6.14. The van der Waals surface area contributed by atoms with E-state index in [-0.39, 0.29) is 11.6 Å². The average Bonchev–Trinajstić information content (AvgIpc) is 3.10. The number of aromatic nitrogens is 1. The molecular weight excluding hydrogens is 236 g/mol. The normalized spacial score (nSPS) is 24.7. The Bertz CT molecular complexity index is 417. The van der Waals surface area contributed by atoms with Crippen molar-refractivity contribution in [2.45, 2.75) is 57.1 Å². The number of aliphatic hydroxyl groups is 1. The first-order valence-corrected chi connectivity index (χ1v) is 7.58. The van der Waals surface area contributed by atoms with Gasteiger partial charge in [-0.05, 0) is 51.8 Å². The molecule has 2 aliphatic rings. The molecule has 104 valence electrons. The Hall–Kier alpha value is -0.930. The van der Waals surface area contributed by atoms with Gasteiger partial charge in [0.15, 0.2) is 0 Å². The summed E-state index contributed by atoms with van der Waals surface area (Å²) in [6.07, 6.45) is 8.77. The number of aryl methyl sites for hydroxylation is 1. The molecule has 1 aromatic heterocycles. The van der Waals surface area contributed by atoms with Crippen molar-refractivity contribution in [1.82, 2.24) is 9.88 Å². The number of rotatable bonds is 3. The number of hydrogen-bond acceptors (Lipinski definition) is 3. The summed E-state index contributed by atoms with van der Waals surface area (Å²) in [5, 5.41) is 10.9. The minimum absolute atomic E-state index is 0.0204. The molecule has 1 N–H and O–H groups in total. The number of nitrogens with zero attached hydrogens (tertiary/aromatic N) is 2. The Morgan fingerprint density at radius 2 is 1.84 bits per heavy atom. The first-order valence-electron chi connectivity index (χ1n) is 7.58. The maximum Gasteiger partial charge on any atom is 0.0988 e. The van der Waals surface area contributed by atoms with Crippen molar-refractivity contribution in [3.63, 3.8) is 0 Å². The van der Waals surface area contributed by atoms with Gasteiger partial charge in [0.25, 0.3) is 0 Å². The summed E-state index contributed by atoms with van der Waals surface area (Å²) in [6, 6.07) is 4.05. The van der Waals surface area contributed by atoms with Crippen LogP contribution in [0.2, 0.25) is 0 Å². The minimum Gasteiger partial charge on any atom is -0.386 e. The van der Waals surface area contributed by atoms with Crippen molar-refractivity contribution in [3.05, 3.63) is 29.6 Å². The van der Waals surface area contributed by atoms with Gasteiger partial charge in [-0.15, -0.1) is 0 Å². The Kier molecular flexibility index (Phi) is 3.59. The zero-order chi connectivity index (χ0) is 13.3. The molecule has 1 saturated carbocycles. The highest BCUT2D eigenvalue weighted by Crippen LogP contribution is 2.45. The lowest BCUT2D eigenvalue weighted by Gasteiger charge is -2.42. The molecule has 1 unspecified atom stereocenters. The van der Waals surface area contributed by atoms with E-state index in [1.165, 1.54) is 25.7 Å². The van der Waals surface area contributed by atoms with Gasteiger partial charge in [-0.1, -0.05) is 18.9 Å². The third-order valence-corrected chi connectivity index (χ3v) is 4.96. The molecule has 3 rings (SSSR count). The molecule has 0 radical (unpaired) electrons. The van der Waals surface area contributed by atoms with Crippen LogP contribution in [0.25, 0.3) is 0 Å². The highest BCUT2D eigenvalue weighted by molar-refractivity contribution is 5.21. The number of likely N-dealkylation sites (tertiary alicyclic amines) is 1. The van der Waals surface area contributed by atoms with Crippen LogP contribution in [0, 0.1) is 6.92 Å². The smallest absolute Gasteiger partial charge is 0.0988 e. The second kappa shape index (κ2) is 5.22. The predicted molar refractivity (Wildman–Crippen MR) is 75.9 cm³/mol. The van der Waals surface area contributed by atoms with E-state index in [2.05, 4.69) is 9.88 Å². The van der Waals surface area contributed by atoms with Crippen molar-refractivity contribution in [1.29, 1.82) is 0 Å². The standard InChI is InChI=1S/C16H24N2O/c1-13-6-7-14(12-17-13)15(19)16(8-2-3-9-16)18-10-4-5-11-18/h6-7,12,15,19H,2-5,8-11H2,1H3. The van der Waals surface area contributed by atoms with Crippen LogP contribution < -0.4 is 0 Å². The summed E-state index contributed by atoms with van der Waals surface area (Å²) in [4.78, 5) is 6.90. The SMILES string of the molecule is Cc1ccc(C(O)C2(N3CCCC3)CCCC2)cn1. The third-order valence-electron chi connectivity index (χ3n) is 4.96. The fourth-order valence-electron chi connectivity index (χ4n) is 3.86. The van der Waals surface area contributed by atoms with Crippen LogP contribution in [0.15, 0.2) is 18.3 Å². The minimum atomic E-state index is -0.388. The Morgan fingerprint density at radius 3 is 2.42 bits per heavy atom. The van der Waals surface area contributed by atoms with Gasteiger partial charge >= 0.3 is 0 Å². The monoisotopic (exact) mass is 260 g/mol. The molecule has 1 aromatic rings. The molecule has 2 heterocycles. The fourth-order valence-corrected chi connectivity index (χ4v) is 3.86. The molecule has 0 spiro atoms. The first kappa shape index (κ1) is 13.1. The van der Waals surface area contributed by atoms with Crippen LogP contribution in [0.3, 0.4) is 0 Å². The summed E-state index contributed by atoms with van der Waals surface area (Å²) in [6.45, 7) is 4.29. The summed E-state index contributed by atoms with van der Waals surface area (Å²) >= 11 is 0. The molecule has 0 bridgehead atoms. The van der Waals surface area contributed by atoms with Crippen LogP contribution in [-0.2, 0) is 0 Å². The zero-order valence-corrected chi connectivity index (χ0v) is 11.8. The summed E-state index contributed by atoms with van der Waals surface area (Å²) < 4.78 is 0. The van der Waals surface area contributed by atoms with E-state index in [0.717, 1.165) is 37.2 Å². The molecule has 1 aliphatic carbocycles. The zero-order valence-electron chi connectivity index (χ0n) is 11.8. The largest absolute Gasteiger partial charge is 0.386 e. The molecule has 1 saturated heterocycles. The van der Waals surface area contributed by atoms with Crippen LogP contribution in [0.1, 0.15) is 55.9 Å². The molecule has 0 amide bonds. The quantitative estimate of drug-likeness (QED) is 0.908. The lowest BCUT2D eigenvalue weighted by atomic mass is 9.85. The molecule has 2 fully saturated rings. The lowest BCUT2D eigenvalue weighted by molar-refractivity contribution is -0.0197. The van der Waals surface area contributed by atoms with Crippen LogP contribution >= 0.6 is 0 Å². The molecule has 3 heteroatoms. The van der Waals surface area contributed by atoms with Crippen molar-refractivity contribution < 1.29 is 5.11 Å². The van der Waals surface area contributed by atoms with E-state index in [0.29, 0.717) is 0 Å². The van der Waals surface area contributed by atoms with E-state index in [1.807, 2.05) is 25.3 Å². The number of pyridine rings is 1. The Morgan fingerprint density at radius 1 is 1.16 bits per heavy atom. The maximum atomic E-state index is 10.9. The Labute approximate surface area is 115 Å². The molecular formula is C16H24N2O. The summed E-state index contributed by atoms with van der Waals surface area (Å²) in [7, 11) is 0. The van der Waals surface area contributed by atoms with E-state index >= 15 is 0 Å². The van der Waals surface area contributed by atoms with E-state index in [9.17, 15) is 5.11 Å². The van der Waals surface area contributed by atoms with Crippen molar-refractivity contribution in [2.75, 3.05) is 13.1 Å². The van der Waals surface area contributed by atoms with Gasteiger partial charge in [0, 0.05) is 17.5 Å². The highest BCUT2D eigenvalue weighted by atomic mass is 16.3. The molecule has 1 atom stereocenters. The predicted octanol–water partition coefficient (Wildman–Crippen LogP) is 2.83. The van der Waals surface area contributed by atoms with Gasteiger partial charge in [0.05, 0.1) is 11.6 Å². The van der Waals surface area contributed by atoms with E-state index < -0.39 is 0 Å². The van der Waals surface area contributed by atoms with Crippen LogP contribution in [-0.4, -0.2) is 33.6 Å². The van der Waals surface area contributed by atoms with Gasteiger partial charge in [-0.2, -0.15) is 0 Å². The second-order valence-corrected chi connectivity index (χ2v) is 6.14. The van der Waals surface area contributed by atoms with Gasteiger partial charge in [-0.25, -0.2) is 0 Å². The number of aliphatic hydroxyl groups excluding tert-OH is 1. The van der Waals surface area contributed by atoms with Crippen molar-refractivity contribution >= 4 is 0 Å². The van der Waals surface area contributed by atoms with Gasteiger partial charge in [0.1, 0.15) is 0 Å². The third kappa shape index (κ3) is 2.30.